The molecule has 1 radical (unpaired) electrons. The third kappa shape index (κ3) is 1.21. The summed E-state index contributed by atoms with van der Waals surface area (Å²) in [6.07, 6.45) is 4.39. The van der Waals surface area contributed by atoms with Crippen molar-refractivity contribution in [3.8, 4) is 0 Å². The van der Waals surface area contributed by atoms with Gasteiger partial charge in [-0.05, 0) is 46.5 Å². The summed E-state index contributed by atoms with van der Waals surface area (Å²) in [5.74, 6) is 1.56. The summed E-state index contributed by atoms with van der Waals surface area (Å²) in [5, 5.41) is 0. The van der Waals surface area contributed by atoms with Crippen LogP contribution in [0.2, 0.25) is 0 Å². The zero-order chi connectivity index (χ0) is 6.97. The molecule has 2 heteroatoms. The lowest BCUT2D eigenvalue weighted by molar-refractivity contribution is 1.23. The highest BCUT2D eigenvalue weighted by Crippen LogP contribution is 2.38. The molecular weight excluding hydrogens is 190 g/mol. The van der Waals surface area contributed by atoms with E-state index in [-0.39, 0.29) is 0 Å². The van der Waals surface area contributed by atoms with Crippen LogP contribution in [0.5, 0.6) is 0 Å². The van der Waals surface area contributed by atoms with Crippen LogP contribution in [0.1, 0.15) is 18.4 Å². The molecule has 1 fully saturated rings. The minimum absolute atomic E-state index is 0.935. The van der Waals surface area contributed by atoms with Gasteiger partial charge in [-0.15, -0.1) is 0 Å². The zero-order valence-corrected chi connectivity index (χ0v) is 7.06. The zero-order valence-electron chi connectivity index (χ0n) is 5.47. The van der Waals surface area contributed by atoms with Gasteiger partial charge in [0.1, 0.15) is 4.60 Å². The highest BCUT2D eigenvalue weighted by molar-refractivity contribution is 9.10. The lowest BCUT2D eigenvalue weighted by Gasteiger charge is -1.94. The molecule has 51 valence electrons. The Kier molecular flexibility index (Phi) is 1.49. The average molecular weight is 197 g/mol. The lowest BCUT2D eigenvalue weighted by Crippen LogP contribution is -1.80. The van der Waals surface area contributed by atoms with E-state index in [1.807, 2.05) is 6.20 Å². The number of rotatable bonds is 1. The van der Waals surface area contributed by atoms with E-state index >= 15 is 0 Å². The molecule has 0 unspecified atom stereocenters. The van der Waals surface area contributed by atoms with Gasteiger partial charge in [-0.3, -0.25) is 0 Å². The smallest absolute Gasteiger partial charge is 0.106 e. The summed E-state index contributed by atoms with van der Waals surface area (Å²) in [4.78, 5) is 4.05. The van der Waals surface area contributed by atoms with Crippen molar-refractivity contribution in [1.82, 2.24) is 4.98 Å². The van der Waals surface area contributed by atoms with Gasteiger partial charge in [0.25, 0.3) is 0 Å². The Morgan fingerprint density at radius 1 is 1.40 bits per heavy atom. The molecule has 0 spiro atoms. The molecule has 1 heterocycles. The molecule has 1 nitrogen and oxygen atoms in total. The third-order valence-corrected chi connectivity index (χ3v) is 2.07. The van der Waals surface area contributed by atoms with E-state index in [4.69, 9.17) is 0 Å². The van der Waals surface area contributed by atoms with E-state index in [1.54, 1.807) is 5.92 Å². The molecule has 1 aliphatic rings. The Morgan fingerprint density at radius 3 is 2.80 bits per heavy atom. The van der Waals surface area contributed by atoms with Crippen molar-refractivity contribution < 1.29 is 0 Å². The molecule has 1 saturated carbocycles. The predicted molar refractivity (Wildman–Crippen MR) is 43.5 cm³/mol. The Hall–Kier alpha value is -0.370. The van der Waals surface area contributed by atoms with Crippen LogP contribution in [0.15, 0.2) is 22.9 Å². The van der Waals surface area contributed by atoms with Gasteiger partial charge in [0.2, 0.25) is 0 Å². The summed E-state index contributed by atoms with van der Waals surface area (Å²) >= 11 is 3.33. The van der Waals surface area contributed by atoms with Crippen LogP contribution in [0.4, 0.5) is 0 Å². The number of nitrogens with zero attached hydrogens (tertiary/aromatic N) is 1. The van der Waals surface area contributed by atoms with Gasteiger partial charge >= 0.3 is 0 Å². The van der Waals surface area contributed by atoms with Gasteiger partial charge in [0, 0.05) is 12.1 Å². The maximum atomic E-state index is 4.05. The van der Waals surface area contributed by atoms with Crippen LogP contribution in [0.3, 0.4) is 0 Å². The molecule has 0 saturated heterocycles. The van der Waals surface area contributed by atoms with Crippen molar-refractivity contribution >= 4 is 15.9 Å². The summed E-state index contributed by atoms with van der Waals surface area (Å²) in [6, 6.07) is 4.13. The Labute approximate surface area is 68.6 Å². The van der Waals surface area contributed by atoms with Crippen molar-refractivity contribution in [3.05, 3.63) is 34.4 Å². The quantitative estimate of drug-likeness (QED) is 0.630. The number of pyridine rings is 1. The normalized spacial score (nSPS) is 17.3. The van der Waals surface area contributed by atoms with Crippen LogP contribution in [0.25, 0.3) is 0 Å². The second kappa shape index (κ2) is 2.35. The molecule has 0 aliphatic heterocycles. The van der Waals surface area contributed by atoms with Crippen molar-refractivity contribution in [3.63, 3.8) is 0 Å². The van der Waals surface area contributed by atoms with E-state index in [9.17, 15) is 0 Å². The second-order valence-corrected chi connectivity index (χ2v) is 3.28. The molecule has 2 rings (SSSR count). The first-order valence-corrected chi connectivity index (χ1v) is 4.12. The van der Waals surface area contributed by atoms with Gasteiger partial charge in [-0.1, -0.05) is 0 Å². The maximum Gasteiger partial charge on any atom is 0.106 e. The first-order valence-electron chi connectivity index (χ1n) is 3.33. The molecule has 0 N–H and O–H groups in total. The SMILES string of the molecule is Brc1cc([C]2CC2)ccn1. The molecule has 1 aliphatic carbocycles. The summed E-state index contributed by atoms with van der Waals surface area (Å²) in [6.45, 7) is 0. The topological polar surface area (TPSA) is 12.9 Å². The molecule has 0 amide bonds. The predicted octanol–water partition coefficient (Wildman–Crippen LogP) is 2.56. The number of hydrogen-bond donors (Lipinski definition) is 0. The van der Waals surface area contributed by atoms with Crippen molar-refractivity contribution in [1.29, 1.82) is 0 Å². The number of halogens is 1. The maximum absolute atomic E-state index is 4.05. The highest BCUT2D eigenvalue weighted by atomic mass is 79.9. The van der Waals surface area contributed by atoms with E-state index < -0.39 is 0 Å². The van der Waals surface area contributed by atoms with E-state index in [2.05, 4.69) is 33.0 Å². The first-order chi connectivity index (χ1) is 4.86. The first kappa shape index (κ1) is 6.35. The summed E-state index contributed by atoms with van der Waals surface area (Å²) < 4.78 is 0.935. The third-order valence-electron chi connectivity index (χ3n) is 1.63. The monoisotopic (exact) mass is 196 g/mol. The van der Waals surface area contributed by atoms with Crippen LogP contribution in [-0.4, -0.2) is 4.98 Å². The summed E-state index contributed by atoms with van der Waals surface area (Å²) in [5.41, 5.74) is 1.35. The minimum Gasteiger partial charge on any atom is -0.249 e. The highest BCUT2D eigenvalue weighted by Gasteiger charge is 2.24. The minimum atomic E-state index is 0.935. The molecule has 10 heavy (non-hydrogen) atoms. The molecule has 0 atom stereocenters. The van der Waals surface area contributed by atoms with Gasteiger partial charge in [0.05, 0.1) is 0 Å². The van der Waals surface area contributed by atoms with E-state index in [0.29, 0.717) is 0 Å². The van der Waals surface area contributed by atoms with E-state index in [0.717, 1.165) is 4.60 Å². The van der Waals surface area contributed by atoms with Crippen LogP contribution in [0, 0.1) is 5.92 Å². The van der Waals surface area contributed by atoms with Gasteiger partial charge in [-0.2, -0.15) is 0 Å². The largest absolute Gasteiger partial charge is 0.249 e. The molecule has 0 aromatic carbocycles. The molecule has 1 aromatic heterocycles. The Balaban J connectivity index is 2.32. The molecule has 1 aromatic rings. The van der Waals surface area contributed by atoms with Gasteiger partial charge in [0.15, 0.2) is 0 Å². The lowest BCUT2D eigenvalue weighted by atomic mass is 10.2. The summed E-state index contributed by atoms with van der Waals surface area (Å²) in [7, 11) is 0. The Bertz CT molecular complexity index is 243. The van der Waals surface area contributed by atoms with Gasteiger partial charge in [-0.25, -0.2) is 4.98 Å². The average Bonchev–Trinajstić information content (AvgIpc) is 2.68. The molecular formula is C8H7BrN. The van der Waals surface area contributed by atoms with Crippen molar-refractivity contribution in [2.24, 2.45) is 0 Å². The fraction of sp³-hybridized carbons (Fsp3) is 0.250. The van der Waals surface area contributed by atoms with E-state index in [1.165, 1.54) is 18.4 Å². The van der Waals surface area contributed by atoms with Crippen molar-refractivity contribution in [2.75, 3.05) is 0 Å². The fourth-order valence-corrected chi connectivity index (χ4v) is 1.34. The fourth-order valence-electron chi connectivity index (χ4n) is 0.974. The van der Waals surface area contributed by atoms with Crippen LogP contribution in [-0.2, 0) is 0 Å². The number of hydrogen-bond acceptors (Lipinski definition) is 1. The number of aromatic nitrogens is 1. The molecule has 0 bridgehead atoms. The Morgan fingerprint density at radius 2 is 2.20 bits per heavy atom. The van der Waals surface area contributed by atoms with Gasteiger partial charge < -0.3 is 0 Å². The van der Waals surface area contributed by atoms with Crippen molar-refractivity contribution in [2.45, 2.75) is 12.8 Å². The second-order valence-electron chi connectivity index (χ2n) is 2.47. The van der Waals surface area contributed by atoms with Crippen LogP contribution < -0.4 is 0 Å². The van der Waals surface area contributed by atoms with Crippen LogP contribution >= 0.6 is 15.9 Å². The standard InChI is InChI=1S/C8H7BrN/c9-8-5-7(3-4-10-8)6-1-2-6/h3-5H,1-2H2.